The third-order valence-electron chi connectivity index (χ3n) is 3.91. The Morgan fingerprint density at radius 3 is 2.41 bits per heavy atom. The van der Waals surface area contributed by atoms with E-state index >= 15 is 0 Å². The zero-order valence-corrected chi connectivity index (χ0v) is 16.9. The Labute approximate surface area is 160 Å². The first-order valence-electron chi connectivity index (χ1n) is 8.89. The lowest BCUT2D eigenvalue weighted by atomic mass is 9.89. The van der Waals surface area contributed by atoms with Crippen molar-refractivity contribution in [2.45, 2.75) is 47.0 Å². The number of halogens is 2. The van der Waals surface area contributed by atoms with Crippen LogP contribution in [0.15, 0.2) is 23.2 Å². The highest BCUT2D eigenvalue weighted by Crippen LogP contribution is 2.29. The summed E-state index contributed by atoms with van der Waals surface area (Å²) in [7, 11) is 3.37. The van der Waals surface area contributed by atoms with Crippen molar-refractivity contribution in [3.05, 3.63) is 23.8 Å². The van der Waals surface area contributed by atoms with Crippen LogP contribution in [0.1, 0.15) is 33.3 Å². The lowest BCUT2D eigenvalue weighted by Gasteiger charge is -2.30. The summed E-state index contributed by atoms with van der Waals surface area (Å²) < 4.78 is 40.4. The summed E-state index contributed by atoms with van der Waals surface area (Å²) in [5, 5.41) is 6.42. The predicted molar refractivity (Wildman–Crippen MR) is 103 cm³/mol. The van der Waals surface area contributed by atoms with Crippen molar-refractivity contribution in [3.63, 3.8) is 0 Å². The van der Waals surface area contributed by atoms with Gasteiger partial charge in [-0.15, -0.1) is 0 Å². The van der Waals surface area contributed by atoms with Crippen molar-refractivity contribution >= 4 is 5.96 Å². The van der Waals surface area contributed by atoms with Crippen LogP contribution in [0.5, 0.6) is 11.5 Å². The van der Waals surface area contributed by atoms with Crippen LogP contribution >= 0.6 is 0 Å². The Kier molecular flexibility index (Phi) is 9.28. The monoisotopic (exact) mass is 387 g/mol. The molecule has 0 aromatic heterocycles. The van der Waals surface area contributed by atoms with Crippen LogP contribution in [-0.2, 0) is 11.3 Å². The molecule has 1 atom stereocenters. The summed E-state index contributed by atoms with van der Waals surface area (Å²) in [6, 6.07) is 4.85. The molecule has 0 bridgehead atoms. The minimum absolute atomic E-state index is 0.00642. The van der Waals surface area contributed by atoms with E-state index in [1.54, 1.807) is 33.2 Å². The average Bonchev–Trinajstić information content (AvgIpc) is 2.58. The molecule has 0 aliphatic heterocycles. The highest BCUT2D eigenvalue weighted by atomic mass is 19.3. The van der Waals surface area contributed by atoms with Gasteiger partial charge in [-0.1, -0.05) is 26.8 Å². The Morgan fingerprint density at radius 2 is 1.89 bits per heavy atom. The van der Waals surface area contributed by atoms with Gasteiger partial charge in [-0.25, -0.2) is 0 Å². The van der Waals surface area contributed by atoms with Gasteiger partial charge in [0.2, 0.25) is 0 Å². The SMILES string of the molecule is CCOc1cc(CNC(=NC)NCC(OC)C(C)(C)C)ccc1OC(F)F. The van der Waals surface area contributed by atoms with Gasteiger partial charge in [0.1, 0.15) is 0 Å². The van der Waals surface area contributed by atoms with Gasteiger partial charge in [-0.05, 0) is 30.0 Å². The molecule has 27 heavy (non-hydrogen) atoms. The molecule has 0 saturated heterocycles. The Bertz CT molecular complexity index is 604. The third-order valence-corrected chi connectivity index (χ3v) is 3.91. The molecule has 0 amide bonds. The number of methoxy groups -OCH3 is 1. The van der Waals surface area contributed by atoms with Gasteiger partial charge >= 0.3 is 6.61 Å². The standard InChI is InChI=1S/C19H31F2N3O3/c1-7-26-15-10-13(8-9-14(15)27-17(20)21)11-23-18(22-5)24-12-16(25-6)19(2,3)4/h8-10,16-17H,7,11-12H2,1-6H3,(H2,22,23,24). The van der Waals surface area contributed by atoms with Gasteiger partial charge in [0.05, 0.1) is 12.7 Å². The van der Waals surface area contributed by atoms with Crippen LogP contribution in [0.2, 0.25) is 0 Å². The first-order chi connectivity index (χ1) is 12.7. The van der Waals surface area contributed by atoms with Crippen molar-refractivity contribution in [2.24, 2.45) is 10.4 Å². The van der Waals surface area contributed by atoms with Crippen molar-refractivity contribution in [1.82, 2.24) is 10.6 Å². The maximum atomic E-state index is 12.5. The average molecular weight is 387 g/mol. The number of alkyl halides is 2. The highest BCUT2D eigenvalue weighted by molar-refractivity contribution is 5.79. The number of rotatable bonds is 9. The van der Waals surface area contributed by atoms with Crippen LogP contribution in [-0.4, -0.2) is 46.0 Å². The van der Waals surface area contributed by atoms with E-state index in [-0.39, 0.29) is 23.0 Å². The minimum Gasteiger partial charge on any atom is -0.490 e. The smallest absolute Gasteiger partial charge is 0.387 e. The maximum absolute atomic E-state index is 12.5. The second kappa shape index (κ2) is 10.9. The Hall–Kier alpha value is -2.09. The number of nitrogens with zero attached hydrogens (tertiary/aromatic N) is 1. The summed E-state index contributed by atoms with van der Waals surface area (Å²) in [4.78, 5) is 4.19. The molecule has 0 radical (unpaired) electrons. The van der Waals surface area contributed by atoms with E-state index in [1.165, 1.54) is 6.07 Å². The number of guanidine groups is 1. The van der Waals surface area contributed by atoms with Gasteiger partial charge in [0.25, 0.3) is 0 Å². The van der Waals surface area contributed by atoms with Crippen LogP contribution in [0.4, 0.5) is 8.78 Å². The summed E-state index contributed by atoms with van der Waals surface area (Å²) in [6.45, 7) is 6.61. The van der Waals surface area contributed by atoms with Crippen molar-refractivity contribution < 1.29 is 23.0 Å². The number of benzene rings is 1. The fourth-order valence-electron chi connectivity index (χ4n) is 2.46. The van der Waals surface area contributed by atoms with Crippen LogP contribution in [0.3, 0.4) is 0 Å². The molecule has 8 heteroatoms. The van der Waals surface area contributed by atoms with Gasteiger partial charge in [-0.2, -0.15) is 8.78 Å². The molecule has 6 nitrogen and oxygen atoms in total. The molecule has 1 unspecified atom stereocenters. The summed E-state index contributed by atoms with van der Waals surface area (Å²) in [5.41, 5.74) is 0.843. The summed E-state index contributed by atoms with van der Waals surface area (Å²) >= 11 is 0. The van der Waals surface area contributed by atoms with E-state index in [9.17, 15) is 8.78 Å². The van der Waals surface area contributed by atoms with Crippen LogP contribution in [0, 0.1) is 5.41 Å². The maximum Gasteiger partial charge on any atom is 0.387 e. The van der Waals surface area contributed by atoms with E-state index in [0.29, 0.717) is 25.7 Å². The van der Waals surface area contributed by atoms with Crippen molar-refractivity contribution in [3.8, 4) is 11.5 Å². The molecule has 0 heterocycles. The molecule has 154 valence electrons. The van der Waals surface area contributed by atoms with Crippen molar-refractivity contribution in [2.75, 3.05) is 27.3 Å². The van der Waals surface area contributed by atoms with Gasteiger partial charge in [0.15, 0.2) is 17.5 Å². The molecule has 0 saturated carbocycles. The molecule has 1 rings (SSSR count). The number of nitrogens with one attached hydrogen (secondary N) is 2. The fraction of sp³-hybridized carbons (Fsp3) is 0.632. The molecule has 0 aliphatic rings. The molecule has 2 N–H and O–H groups in total. The van der Waals surface area contributed by atoms with Crippen LogP contribution < -0.4 is 20.1 Å². The molecule has 1 aromatic carbocycles. The van der Waals surface area contributed by atoms with E-state index in [1.807, 2.05) is 0 Å². The number of hydrogen-bond donors (Lipinski definition) is 2. The fourth-order valence-corrected chi connectivity index (χ4v) is 2.46. The Balaban J connectivity index is 2.70. The molecule has 1 aromatic rings. The number of aliphatic imine (C=N–C) groups is 1. The second-order valence-corrected chi connectivity index (χ2v) is 6.99. The zero-order valence-electron chi connectivity index (χ0n) is 16.9. The molecular weight excluding hydrogens is 356 g/mol. The lowest BCUT2D eigenvalue weighted by molar-refractivity contribution is -0.0514. The molecule has 0 spiro atoms. The van der Waals surface area contributed by atoms with Crippen molar-refractivity contribution in [1.29, 1.82) is 0 Å². The zero-order chi connectivity index (χ0) is 20.4. The Morgan fingerprint density at radius 1 is 1.19 bits per heavy atom. The van der Waals surface area contributed by atoms with Gasteiger partial charge in [-0.3, -0.25) is 4.99 Å². The third kappa shape index (κ3) is 7.99. The largest absolute Gasteiger partial charge is 0.490 e. The predicted octanol–water partition coefficient (Wildman–Crippen LogP) is 3.41. The normalized spacial score (nSPS) is 13.4. The number of hydrogen-bond acceptors (Lipinski definition) is 4. The van der Waals surface area contributed by atoms with E-state index in [2.05, 4.69) is 41.1 Å². The molecule has 0 fully saturated rings. The number of ether oxygens (including phenoxy) is 3. The first kappa shape index (κ1) is 23.0. The first-order valence-corrected chi connectivity index (χ1v) is 8.89. The quantitative estimate of drug-likeness (QED) is 0.502. The second-order valence-electron chi connectivity index (χ2n) is 6.99. The molecular formula is C19H31F2N3O3. The summed E-state index contributed by atoms with van der Waals surface area (Å²) in [5.74, 6) is 0.922. The lowest BCUT2D eigenvalue weighted by Crippen LogP contribution is -2.45. The van der Waals surface area contributed by atoms with E-state index in [0.717, 1.165) is 5.56 Å². The van der Waals surface area contributed by atoms with Gasteiger partial charge in [0, 0.05) is 27.2 Å². The van der Waals surface area contributed by atoms with Crippen LogP contribution in [0.25, 0.3) is 0 Å². The van der Waals surface area contributed by atoms with Gasteiger partial charge < -0.3 is 24.8 Å². The minimum atomic E-state index is -2.90. The molecule has 0 aliphatic carbocycles. The highest BCUT2D eigenvalue weighted by Gasteiger charge is 2.24. The van der Waals surface area contributed by atoms with E-state index in [4.69, 9.17) is 9.47 Å². The topological polar surface area (TPSA) is 64.1 Å². The summed E-state index contributed by atoms with van der Waals surface area (Å²) in [6.07, 6.45) is 0.0198. The van der Waals surface area contributed by atoms with E-state index < -0.39 is 6.61 Å².